The normalized spacial score (nSPS) is 19.4. The molecule has 7 nitrogen and oxygen atoms in total. The average molecular weight is 269 g/mol. The molecule has 1 fully saturated rings. The third-order valence-corrected chi connectivity index (χ3v) is 2.59. The smallest absolute Gasteiger partial charge is 0.231 e. The van der Waals surface area contributed by atoms with Crippen molar-refractivity contribution in [2.24, 2.45) is 0 Å². The fourth-order valence-electron chi connectivity index (χ4n) is 1.63. The molecule has 2 rings (SSSR count). The molecule has 0 radical (unpaired) electrons. The van der Waals surface area contributed by atoms with E-state index in [2.05, 4.69) is 26.3 Å². The average Bonchev–Trinajstić information content (AvgIpc) is 2.38. The number of rotatable bonds is 3. The summed E-state index contributed by atoms with van der Waals surface area (Å²) in [5.41, 5.74) is 0. The van der Waals surface area contributed by atoms with Crippen LogP contribution in [-0.2, 0) is 4.74 Å². The Balaban J connectivity index is 2.19. The van der Waals surface area contributed by atoms with Crippen LogP contribution in [0.25, 0.3) is 0 Å². The van der Waals surface area contributed by atoms with Crippen LogP contribution in [0.5, 0.6) is 0 Å². The quantitative estimate of drug-likeness (QED) is 0.863. The number of hydrogen-bond donors (Lipinski definition) is 1. The molecule has 1 aliphatic heterocycles. The number of hydrogen-bond acceptors (Lipinski definition) is 7. The fourth-order valence-corrected chi connectivity index (χ4v) is 1.78. The molecule has 1 aliphatic rings. The standard InChI is InChI=1S/C10H13ClN6O/c1-2-13-9-14-8(11)15-10(16-9)17-3-4-18-7(5-12)6-17/h7H,2-4,6H2,1H3,(H,13,14,15,16). The molecule has 96 valence electrons. The van der Waals surface area contributed by atoms with Gasteiger partial charge in [-0.25, -0.2) is 0 Å². The minimum absolute atomic E-state index is 0.135. The molecule has 0 aromatic carbocycles. The molecule has 0 bridgehead atoms. The Morgan fingerprint density at radius 1 is 1.56 bits per heavy atom. The zero-order valence-corrected chi connectivity index (χ0v) is 10.7. The van der Waals surface area contributed by atoms with Gasteiger partial charge in [0.25, 0.3) is 0 Å². The van der Waals surface area contributed by atoms with Gasteiger partial charge >= 0.3 is 0 Å². The van der Waals surface area contributed by atoms with Crippen LogP contribution in [0, 0.1) is 11.3 Å². The highest BCUT2D eigenvalue weighted by molar-refractivity contribution is 6.28. The highest BCUT2D eigenvalue weighted by atomic mass is 35.5. The Morgan fingerprint density at radius 3 is 3.11 bits per heavy atom. The Labute approximate surface area is 110 Å². The highest BCUT2D eigenvalue weighted by Crippen LogP contribution is 2.16. The summed E-state index contributed by atoms with van der Waals surface area (Å²) < 4.78 is 5.26. The van der Waals surface area contributed by atoms with E-state index in [1.54, 1.807) is 0 Å². The van der Waals surface area contributed by atoms with Gasteiger partial charge in [-0.1, -0.05) is 0 Å². The van der Waals surface area contributed by atoms with Gasteiger partial charge in [-0.15, -0.1) is 0 Å². The maximum atomic E-state index is 8.86. The first-order valence-corrected chi connectivity index (χ1v) is 6.02. The molecule has 1 aromatic heterocycles. The number of nitriles is 1. The maximum Gasteiger partial charge on any atom is 0.231 e. The van der Waals surface area contributed by atoms with E-state index in [1.807, 2.05) is 11.8 Å². The lowest BCUT2D eigenvalue weighted by molar-refractivity contribution is 0.0758. The number of morpholine rings is 1. The van der Waals surface area contributed by atoms with Crippen LogP contribution < -0.4 is 10.2 Å². The van der Waals surface area contributed by atoms with Gasteiger partial charge < -0.3 is 15.0 Å². The molecule has 2 heterocycles. The Morgan fingerprint density at radius 2 is 2.39 bits per heavy atom. The molecule has 0 spiro atoms. The van der Waals surface area contributed by atoms with Gasteiger partial charge in [-0.2, -0.15) is 20.2 Å². The summed E-state index contributed by atoms with van der Waals surface area (Å²) in [6, 6.07) is 2.07. The molecule has 1 saturated heterocycles. The van der Waals surface area contributed by atoms with Crippen molar-refractivity contribution in [1.82, 2.24) is 15.0 Å². The summed E-state index contributed by atoms with van der Waals surface area (Å²) in [5, 5.41) is 12.0. The van der Waals surface area contributed by atoms with Crippen molar-refractivity contribution in [3.8, 4) is 6.07 Å². The van der Waals surface area contributed by atoms with E-state index >= 15 is 0 Å². The first-order chi connectivity index (χ1) is 8.72. The number of aromatic nitrogens is 3. The molecule has 1 unspecified atom stereocenters. The minimum Gasteiger partial charge on any atom is -0.360 e. The Hall–Kier alpha value is -1.65. The summed E-state index contributed by atoms with van der Waals surface area (Å²) in [5.74, 6) is 0.905. The molecular weight excluding hydrogens is 256 g/mol. The van der Waals surface area contributed by atoms with Gasteiger partial charge in [-0.05, 0) is 18.5 Å². The van der Waals surface area contributed by atoms with Gasteiger partial charge in [-0.3, -0.25) is 0 Å². The molecular formula is C10H13ClN6O. The van der Waals surface area contributed by atoms with Crippen LogP contribution in [0.3, 0.4) is 0 Å². The van der Waals surface area contributed by atoms with Crippen LogP contribution in [0.15, 0.2) is 0 Å². The van der Waals surface area contributed by atoms with E-state index in [4.69, 9.17) is 21.6 Å². The molecule has 18 heavy (non-hydrogen) atoms. The van der Waals surface area contributed by atoms with Crippen molar-refractivity contribution in [3.63, 3.8) is 0 Å². The topological polar surface area (TPSA) is 87.0 Å². The second kappa shape index (κ2) is 5.80. The molecule has 0 saturated carbocycles. The molecule has 8 heteroatoms. The number of ether oxygens (including phenoxy) is 1. The molecule has 1 atom stereocenters. The van der Waals surface area contributed by atoms with Gasteiger partial charge in [0, 0.05) is 13.1 Å². The summed E-state index contributed by atoms with van der Waals surface area (Å²) >= 11 is 5.85. The third kappa shape index (κ3) is 2.97. The van der Waals surface area contributed by atoms with E-state index in [9.17, 15) is 0 Å². The van der Waals surface area contributed by atoms with Gasteiger partial charge in [0.1, 0.15) is 0 Å². The van der Waals surface area contributed by atoms with Crippen LogP contribution >= 0.6 is 11.6 Å². The van der Waals surface area contributed by atoms with E-state index in [1.165, 1.54) is 0 Å². The summed E-state index contributed by atoms with van der Waals surface area (Å²) in [6.07, 6.45) is -0.461. The second-order valence-electron chi connectivity index (χ2n) is 3.69. The van der Waals surface area contributed by atoms with Crippen LogP contribution in [0.1, 0.15) is 6.92 Å². The molecule has 0 aliphatic carbocycles. The number of nitrogens with zero attached hydrogens (tertiary/aromatic N) is 5. The first-order valence-electron chi connectivity index (χ1n) is 5.64. The lowest BCUT2D eigenvalue weighted by Crippen LogP contribution is -2.42. The Bertz CT molecular complexity index is 462. The van der Waals surface area contributed by atoms with E-state index in [-0.39, 0.29) is 5.28 Å². The lowest BCUT2D eigenvalue weighted by atomic mass is 10.3. The Kier molecular flexibility index (Phi) is 4.12. The number of anilines is 2. The van der Waals surface area contributed by atoms with Crippen molar-refractivity contribution < 1.29 is 4.74 Å². The van der Waals surface area contributed by atoms with Gasteiger partial charge in [0.2, 0.25) is 17.2 Å². The first kappa shape index (κ1) is 12.8. The molecule has 0 amide bonds. The van der Waals surface area contributed by atoms with Crippen LogP contribution in [-0.4, -0.2) is 47.3 Å². The molecule has 1 N–H and O–H groups in total. The maximum absolute atomic E-state index is 8.86. The number of halogens is 1. The van der Waals surface area contributed by atoms with Crippen molar-refractivity contribution in [3.05, 3.63) is 5.28 Å². The highest BCUT2D eigenvalue weighted by Gasteiger charge is 2.22. The van der Waals surface area contributed by atoms with Crippen molar-refractivity contribution >= 4 is 23.5 Å². The van der Waals surface area contributed by atoms with E-state index in [0.717, 1.165) is 0 Å². The second-order valence-corrected chi connectivity index (χ2v) is 4.03. The largest absolute Gasteiger partial charge is 0.360 e. The van der Waals surface area contributed by atoms with Crippen LogP contribution in [0.4, 0.5) is 11.9 Å². The summed E-state index contributed by atoms with van der Waals surface area (Å²) in [4.78, 5) is 14.2. The van der Waals surface area contributed by atoms with E-state index < -0.39 is 6.10 Å². The zero-order valence-electron chi connectivity index (χ0n) is 9.93. The lowest BCUT2D eigenvalue weighted by Gasteiger charge is -2.29. The fraction of sp³-hybridized carbons (Fsp3) is 0.600. The predicted octanol–water partition coefficient (Wildman–Crippen LogP) is 0.686. The third-order valence-electron chi connectivity index (χ3n) is 2.42. The van der Waals surface area contributed by atoms with E-state index in [0.29, 0.717) is 38.1 Å². The predicted molar refractivity (Wildman–Crippen MR) is 66.6 cm³/mol. The van der Waals surface area contributed by atoms with Gasteiger partial charge in [0.15, 0.2) is 6.10 Å². The van der Waals surface area contributed by atoms with Crippen molar-refractivity contribution in [2.75, 3.05) is 36.5 Å². The van der Waals surface area contributed by atoms with Gasteiger partial charge in [0.05, 0.1) is 19.2 Å². The monoisotopic (exact) mass is 268 g/mol. The van der Waals surface area contributed by atoms with Crippen molar-refractivity contribution in [2.45, 2.75) is 13.0 Å². The zero-order chi connectivity index (χ0) is 13.0. The summed E-state index contributed by atoms with van der Waals surface area (Å²) in [7, 11) is 0. The van der Waals surface area contributed by atoms with Crippen molar-refractivity contribution in [1.29, 1.82) is 5.26 Å². The summed E-state index contributed by atoms with van der Waals surface area (Å²) in [6.45, 7) is 4.17. The number of nitrogens with one attached hydrogen (secondary N) is 1. The molecule has 1 aromatic rings. The minimum atomic E-state index is -0.461. The SMILES string of the molecule is CCNc1nc(Cl)nc(N2CCOC(C#N)C2)n1. The van der Waals surface area contributed by atoms with Crippen LogP contribution in [0.2, 0.25) is 5.28 Å².